The highest BCUT2D eigenvalue weighted by atomic mass is 32.2. The van der Waals surface area contributed by atoms with Gasteiger partial charge in [0.25, 0.3) is 0 Å². The molecule has 2 nitrogen and oxygen atoms in total. The Balaban J connectivity index is 3.23. The van der Waals surface area contributed by atoms with Crippen LogP contribution in [0.2, 0.25) is 0 Å². The van der Waals surface area contributed by atoms with Crippen LogP contribution in [0.25, 0.3) is 0 Å². The monoisotopic (exact) mass is 135 g/mol. The van der Waals surface area contributed by atoms with Crippen molar-refractivity contribution in [2.24, 2.45) is 5.92 Å². The minimum Gasteiger partial charge on any atom is -0.246 e. The third-order valence-electron chi connectivity index (χ3n) is 0.769. The van der Waals surface area contributed by atoms with Crippen molar-refractivity contribution < 1.29 is 4.21 Å². The molecule has 0 N–H and O–H groups in total. The highest BCUT2D eigenvalue weighted by Crippen LogP contribution is 1.92. The molecule has 0 rings (SSSR count). The first-order valence-electron chi connectivity index (χ1n) is 2.71. The fourth-order valence-corrected chi connectivity index (χ4v) is 0.955. The summed E-state index contributed by atoms with van der Waals surface area (Å²) in [5, 5.41) is 0. The van der Waals surface area contributed by atoms with Crippen molar-refractivity contribution in [3.8, 4) is 0 Å². The van der Waals surface area contributed by atoms with Gasteiger partial charge in [-0.25, -0.2) is 8.51 Å². The van der Waals surface area contributed by atoms with Gasteiger partial charge in [-0.3, -0.25) is 0 Å². The molecule has 0 bridgehead atoms. The summed E-state index contributed by atoms with van der Waals surface area (Å²) in [6.07, 6.45) is 0. The predicted molar refractivity (Wildman–Crippen MR) is 37.0 cm³/mol. The van der Waals surface area contributed by atoms with E-state index < -0.39 is 0 Å². The lowest BCUT2D eigenvalue weighted by molar-refractivity contribution is 0.453. The maximum Gasteiger partial charge on any atom is 0.0805 e. The molecule has 0 unspecified atom stereocenters. The number of nitrogens with zero attached hydrogens (tertiary/aromatic N) is 1. The van der Waals surface area contributed by atoms with E-state index in [0.717, 1.165) is 6.54 Å². The molecule has 0 aromatic rings. The molecule has 0 atom stereocenters. The first kappa shape index (κ1) is 8.11. The van der Waals surface area contributed by atoms with E-state index in [2.05, 4.69) is 13.8 Å². The van der Waals surface area contributed by atoms with Crippen LogP contribution in [0, 0.1) is 5.92 Å². The Labute approximate surface area is 54.5 Å². The van der Waals surface area contributed by atoms with E-state index in [-0.39, 0.29) is 11.9 Å². The maximum atomic E-state index is 10.1. The summed E-state index contributed by atoms with van der Waals surface area (Å²) >= 11 is 0.122. The van der Waals surface area contributed by atoms with E-state index in [9.17, 15) is 4.21 Å². The van der Waals surface area contributed by atoms with E-state index in [4.69, 9.17) is 0 Å². The molecule has 0 radical (unpaired) electrons. The Morgan fingerprint density at radius 3 is 2.25 bits per heavy atom. The van der Waals surface area contributed by atoms with Crippen LogP contribution in [0.5, 0.6) is 0 Å². The van der Waals surface area contributed by atoms with Crippen LogP contribution in [0.4, 0.5) is 0 Å². The Hall–Kier alpha value is 0.110. The van der Waals surface area contributed by atoms with E-state index in [1.807, 2.05) is 7.05 Å². The summed E-state index contributed by atoms with van der Waals surface area (Å²) in [7, 11) is 1.83. The molecule has 0 amide bonds. The number of rotatable bonds is 3. The van der Waals surface area contributed by atoms with Crippen molar-refractivity contribution >= 4 is 11.9 Å². The molecule has 3 heteroatoms. The molecule has 0 aromatic carbocycles. The second kappa shape index (κ2) is 4.04. The average molecular weight is 135 g/mol. The molecule has 50 valence electrons. The van der Waals surface area contributed by atoms with Gasteiger partial charge >= 0.3 is 0 Å². The summed E-state index contributed by atoms with van der Waals surface area (Å²) in [5.41, 5.74) is 0. The SMILES string of the molecule is CC(C)CN(C)[SH]=O. The molecule has 0 fully saturated rings. The van der Waals surface area contributed by atoms with E-state index in [1.165, 1.54) is 0 Å². The van der Waals surface area contributed by atoms with Gasteiger partial charge in [0.15, 0.2) is 0 Å². The molecule has 0 aliphatic carbocycles. The minimum absolute atomic E-state index is 0.122. The molecule has 0 heterocycles. The molecule has 0 aliphatic heterocycles. The summed E-state index contributed by atoms with van der Waals surface area (Å²) in [6.45, 7) is 5.09. The zero-order valence-electron chi connectivity index (χ0n) is 5.59. The summed E-state index contributed by atoms with van der Waals surface area (Å²) in [4.78, 5) is 0. The zero-order valence-corrected chi connectivity index (χ0v) is 6.48. The van der Waals surface area contributed by atoms with Gasteiger partial charge in [-0.1, -0.05) is 13.8 Å². The molecule has 0 aromatic heterocycles. The quantitative estimate of drug-likeness (QED) is 0.557. The van der Waals surface area contributed by atoms with Gasteiger partial charge in [0.2, 0.25) is 0 Å². The Morgan fingerprint density at radius 1 is 1.62 bits per heavy atom. The summed E-state index contributed by atoms with van der Waals surface area (Å²) in [6, 6.07) is 0. The van der Waals surface area contributed by atoms with Crippen molar-refractivity contribution in [2.75, 3.05) is 13.6 Å². The third kappa shape index (κ3) is 4.27. The fraction of sp³-hybridized carbons (Fsp3) is 1.00. The van der Waals surface area contributed by atoms with Gasteiger partial charge in [0, 0.05) is 6.54 Å². The second-order valence-corrected chi connectivity index (χ2v) is 3.16. The van der Waals surface area contributed by atoms with Crippen LogP contribution in [0.1, 0.15) is 13.8 Å². The number of thiol groups is 1. The normalized spacial score (nSPS) is 11.1. The number of hydrogen-bond donors (Lipinski definition) is 1. The minimum atomic E-state index is 0.122. The molecule has 0 aliphatic rings. The predicted octanol–water partition coefficient (Wildman–Crippen LogP) is 0.435. The molecule has 0 spiro atoms. The van der Waals surface area contributed by atoms with Crippen LogP contribution in [-0.4, -0.2) is 22.1 Å². The lowest BCUT2D eigenvalue weighted by atomic mass is 10.2. The fourth-order valence-electron chi connectivity index (χ4n) is 0.562. The van der Waals surface area contributed by atoms with Gasteiger partial charge < -0.3 is 0 Å². The van der Waals surface area contributed by atoms with Gasteiger partial charge in [-0.2, -0.15) is 0 Å². The highest BCUT2D eigenvalue weighted by molar-refractivity contribution is 7.62. The largest absolute Gasteiger partial charge is 0.246 e. The maximum absolute atomic E-state index is 10.1. The van der Waals surface area contributed by atoms with Crippen LogP contribution < -0.4 is 0 Å². The Morgan fingerprint density at radius 2 is 2.12 bits per heavy atom. The second-order valence-electron chi connectivity index (χ2n) is 2.32. The smallest absolute Gasteiger partial charge is 0.0805 e. The Bertz CT molecular complexity index is 74.8. The van der Waals surface area contributed by atoms with Crippen LogP contribution in [-0.2, 0) is 11.9 Å². The van der Waals surface area contributed by atoms with Crippen LogP contribution >= 0.6 is 0 Å². The molecule has 8 heavy (non-hydrogen) atoms. The van der Waals surface area contributed by atoms with Gasteiger partial charge in [-0.15, -0.1) is 0 Å². The van der Waals surface area contributed by atoms with Crippen molar-refractivity contribution in [2.45, 2.75) is 13.8 Å². The molecule has 0 saturated heterocycles. The topological polar surface area (TPSA) is 20.3 Å². The third-order valence-corrected chi connectivity index (χ3v) is 1.21. The van der Waals surface area contributed by atoms with Crippen molar-refractivity contribution in [1.29, 1.82) is 0 Å². The average Bonchev–Trinajstić information content (AvgIpc) is 1.65. The lowest BCUT2D eigenvalue weighted by Crippen LogP contribution is -2.18. The van der Waals surface area contributed by atoms with Crippen LogP contribution in [0.3, 0.4) is 0 Å². The summed E-state index contributed by atoms with van der Waals surface area (Å²) in [5.74, 6) is 0.599. The standard InChI is InChI=1S/C5H13NOS/c1-5(2)4-6(3)8-7/h5,8H,4H2,1-3H3. The number of hydrogen-bond acceptors (Lipinski definition) is 1. The first-order chi connectivity index (χ1) is 3.66. The summed E-state index contributed by atoms with van der Waals surface area (Å²) < 4.78 is 11.8. The van der Waals surface area contributed by atoms with Crippen molar-refractivity contribution in [3.05, 3.63) is 0 Å². The van der Waals surface area contributed by atoms with Crippen LogP contribution in [0.15, 0.2) is 0 Å². The molecular weight excluding hydrogens is 122 g/mol. The zero-order chi connectivity index (χ0) is 6.57. The first-order valence-corrected chi connectivity index (χ1v) is 3.47. The van der Waals surface area contributed by atoms with Gasteiger partial charge in [0.1, 0.15) is 0 Å². The van der Waals surface area contributed by atoms with E-state index in [1.54, 1.807) is 4.31 Å². The lowest BCUT2D eigenvalue weighted by Gasteiger charge is -2.09. The van der Waals surface area contributed by atoms with Gasteiger partial charge in [0.05, 0.1) is 11.9 Å². The van der Waals surface area contributed by atoms with E-state index >= 15 is 0 Å². The highest BCUT2D eigenvalue weighted by Gasteiger charge is 1.96. The van der Waals surface area contributed by atoms with Gasteiger partial charge in [-0.05, 0) is 13.0 Å². The molecular formula is C5H13NOS. The molecule has 0 saturated carbocycles. The Kier molecular flexibility index (Phi) is 4.09. The van der Waals surface area contributed by atoms with Crippen molar-refractivity contribution in [3.63, 3.8) is 0 Å². The van der Waals surface area contributed by atoms with Crippen molar-refractivity contribution in [1.82, 2.24) is 4.31 Å². The van der Waals surface area contributed by atoms with E-state index in [0.29, 0.717) is 5.92 Å².